The minimum Gasteiger partial charge on any atom is -0.375 e. The van der Waals surface area contributed by atoms with Crippen molar-refractivity contribution in [1.82, 2.24) is 14.8 Å². The van der Waals surface area contributed by atoms with Crippen LogP contribution in [-0.2, 0) is 17.9 Å². The third-order valence-corrected chi connectivity index (χ3v) is 5.32. The summed E-state index contributed by atoms with van der Waals surface area (Å²) in [6.45, 7) is 1.73. The number of thiophene rings is 1. The molecule has 0 aliphatic rings. The number of pyridine rings is 1. The van der Waals surface area contributed by atoms with E-state index in [-0.39, 0.29) is 5.91 Å². The number of carbonyl (C=O) groups is 1. The average Bonchev–Trinajstić information content (AvgIpc) is 3.43. The van der Waals surface area contributed by atoms with Crippen LogP contribution in [0.2, 0.25) is 0 Å². The van der Waals surface area contributed by atoms with E-state index in [1.807, 2.05) is 60.7 Å². The Morgan fingerprint density at radius 1 is 1.07 bits per heavy atom. The van der Waals surface area contributed by atoms with Crippen LogP contribution in [0.4, 0.5) is 5.69 Å². The van der Waals surface area contributed by atoms with Crippen molar-refractivity contribution in [3.8, 4) is 10.6 Å². The van der Waals surface area contributed by atoms with Crippen molar-refractivity contribution in [3.05, 3.63) is 89.7 Å². The molecule has 0 atom stereocenters. The van der Waals surface area contributed by atoms with Gasteiger partial charge >= 0.3 is 0 Å². The molecule has 1 aromatic carbocycles. The van der Waals surface area contributed by atoms with E-state index in [9.17, 15) is 4.79 Å². The molecule has 3 aromatic heterocycles. The molecule has 0 radical (unpaired) electrons. The van der Waals surface area contributed by atoms with Gasteiger partial charge in [0.1, 0.15) is 0 Å². The van der Waals surface area contributed by atoms with Crippen LogP contribution in [0, 0.1) is 0 Å². The lowest BCUT2D eigenvalue weighted by molar-refractivity contribution is 0.103. The van der Waals surface area contributed by atoms with E-state index in [0.717, 1.165) is 16.1 Å². The van der Waals surface area contributed by atoms with Gasteiger partial charge in [0.25, 0.3) is 5.91 Å². The summed E-state index contributed by atoms with van der Waals surface area (Å²) in [5, 5.41) is 7.16. The van der Waals surface area contributed by atoms with Gasteiger partial charge in [0.05, 0.1) is 47.1 Å². The van der Waals surface area contributed by atoms with Gasteiger partial charge in [0, 0.05) is 12.4 Å². The number of amides is 1. The Bertz CT molecular complexity index is 1060. The third-order valence-electron chi connectivity index (χ3n) is 4.21. The summed E-state index contributed by atoms with van der Waals surface area (Å²) in [5.41, 5.74) is 2.66. The molecule has 3 heterocycles. The predicted octanol–water partition coefficient (Wildman–Crippen LogP) is 4.48. The van der Waals surface area contributed by atoms with Gasteiger partial charge in [0.15, 0.2) is 0 Å². The van der Waals surface area contributed by atoms with E-state index >= 15 is 0 Å². The van der Waals surface area contributed by atoms with Crippen molar-refractivity contribution in [2.45, 2.75) is 13.2 Å². The zero-order valence-electron chi connectivity index (χ0n) is 15.7. The lowest BCUT2D eigenvalue weighted by Gasteiger charge is -2.04. The van der Waals surface area contributed by atoms with E-state index in [2.05, 4.69) is 15.4 Å². The molecular formula is C22H20N4O2S. The first kappa shape index (κ1) is 19.0. The van der Waals surface area contributed by atoms with Gasteiger partial charge in [-0.15, -0.1) is 11.3 Å². The standard InChI is InChI=1S/C22H20N4O2S/c27-22(21-10-9-20(29-21)19-8-4-5-11-23-19)25-18-14-24-26(15-18)12-13-28-16-17-6-2-1-3-7-17/h1-11,14-15H,12-13,16H2,(H,25,27). The van der Waals surface area contributed by atoms with Crippen LogP contribution in [0.15, 0.2) is 79.3 Å². The molecule has 0 aliphatic heterocycles. The van der Waals surface area contributed by atoms with E-state index in [1.165, 1.54) is 11.3 Å². The fraction of sp³-hybridized carbons (Fsp3) is 0.136. The fourth-order valence-corrected chi connectivity index (χ4v) is 3.65. The first-order chi connectivity index (χ1) is 14.3. The number of ether oxygens (including phenoxy) is 1. The van der Waals surface area contributed by atoms with Crippen molar-refractivity contribution in [1.29, 1.82) is 0 Å². The first-order valence-electron chi connectivity index (χ1n) is 9.25. The van der Waals surface area contributed by atoms with E-state index in [0.29, 0.717) is 30.3 Å². The molecule has 7 heteroatoms. The lowest BCUT2D eigenvalue weighted by atomic mass is 10.2. The van der Waals surface area contributed by atoms with Crippen molar-refractivity contribution in [2.75, 3.05) is 11.9 Å². The molecule has 146 valence electrons. The second kappa shape index (κ2) is 9.27. The van der Waals surface area contributed by atoms with E-state index in [1.54, 1.807) is 23.3 Å². The van der Waals surface area contributed by atoms with Gasteiger partial charge in [-0.05, 0) is 29.8 Å². The summed E-state index contributed by atoms with van der Waals surface area (Å²) in [5.74, 6) is -0.156. The summed E-state index contributed by atoms with van der Waals surface area (Å²) < 4.78 is 7.43. The topological polar surface area (TPSA) is 69.0 Å². The minimum atomic E-state index is -0.156. The highest BCUT2D eigenvalue weighted by molar-refractivity contribution is 7.17. The maximum Gasteiger partial charge on any atom is 0.265 e. The van der Waals surface area contributed by atoms with Crippen LogP contribution in [-0.4, -0.2) is 27.3 Å². The van der Waals surface area contributed by atoms with Gasteiger partial charge < -0.3 is 10.1 Å². The molecule has 0 bridgehead atoms. The maximum absolute atomic E-state index is 12.5. The van der Waals surface area contributed by atoms with Crippen LogP contribution < -0.4 is 5.32 Å². The highest BCUT2D eigenvalue weighted by Crippen LogP contribution is 2.26. The van der Waals surface area contributed by atoms with Crippen molar-refractivity contribution in [2.24, 2.45) is 0 Å². The Labute approximate surface area is 172 Å². The summed E-state index contributed by atoms with van der Waals surface area (Å²) in [4.78, 5) is 18.4. The first-order valence-corrected chi connectivity index (χ1v) is 10.1. The van der Waals surface area contributed by atoms with E-state index < -0.39 is 0 Å². The summed E-state index contributed by atoms with van der Waals surface area (Å²) in [6, 6.07) is 19.5. The van der Waals surface area contributed by atoms with Crippen LogP contribution in [0.25, 0.3) is 10.6 Å². The summed E-state index contributed by atoms with van der Waals surface area (Å²) >= 11 is 1.41. The SMILES string of the molecule is O=C(Nc1cnn(CCOCc2ccccc2)c1)c1ccc(-c2ccccn2)s1. The largest absolute Gasteiger partial charge is 0.375 e. The Morgan fingerprint density at radius 2 is 1.93 bits per heavy atom. The molecule has 1 amide bonds. The van der Waals surface area contributed by atoms with Crippen molar-refractivity contribution >= 4 is 22.9 Å². The summed E-state index contributed by atoms with van der Waals surface area (Å²) in [7, 11) is 0. The van der Waals surface area contributed by atoms with Crippen LogP contribution >= 0.6 is 11.3 Å². The van der Waals surface area contributed by atoms with Crippen LogP contribution in [0.3, 0.4) is 0 Å². The van der Waals surface area contributed by atoms with Gasteiger partial charge in [-0.2, -0.15) is 5.10 Å². The van der Waals surface area contributed by atoms with E-state index in [4.69, 9.17) is 4.74 Å². The number of benzene rings is 1. The third kappa shape index (κ3) is 5.16. The molecule has 4 rings (SSSR count). The molecule has 0 aliphatic carbocycles. The van der Waals surface area contributed by atoms with Gasteiger partial charge in [-0.1, -0.05) is 36.4 Å². The number of hydrogen-bond donors (Lipinski definition) is 1. The molecule has 6 nitrogen and oxygen atoms in total. The normalized spacial score (nSPS) is 10.8. The number of carbonyl (C=O) groups excluding carboxylic acids is 1. The van der Waals surface area contributed by atoms with Gasteiger partial charge in [-0.25, -0.2) is 0 Å². The summed E-state index contributed by atoms with van der Waals surface area (Å²) in [6.07, 6.45) is 5.19. The lowest BCUT2D eigenvalue weighted by Crippen LogP contribution is -2.09. The number of aromatic nitrogens is 3. The predicted molar refractivity (Wildman–Crippen MR) is 114 cm³/mol. The molecule has 29 heavy (non-hydrogen) atoms. The molecule has 4 aromatic rings. The molecule has 0 unspecified atom stereocenters. The Morgan fingerprint density at radius 3 is 2.76 bits per heavy atom. The maximum atomic E-state index is 12.5. The molecule has 1 N–H and O–H groups in total. The smallest absolute Gasteiger partial charge is 0.265 e. The molecular weight excluding hydrogens is 384 g/mol. The van der Waals surface area contributed by atoms with Crippen LogP contribution in [0.5, 0.6) is 0 Å². The molecule has 0 saturated heterocycles. The molecule has 0 saturated carbocycles. The highest BCUT2D eigenvalue weighted by atomic mass is 32.1. The van der Waals surface area contributed by atoms with Gasteiger partial charge in [-0.3, -0.25) is 14.5 Å². The number of nitrogens with one attached hydrogen (secondary N) is 1. The average molecular weight is 404 g/mol. The number of rotatable bonds is 8. The zero-order chi connectivity index (χ0) is 19.9. The number of hydrogen-bond acceptors (Lipinski definition) is 5. The minimum absolute atomic E-state index is 0.156. The monoisotopic (exact) mass is 404 g/mol. The van der Waals surface area contributed by atoms with Gasteiger partial charge in [0.2, 0.25) is 0 Å². The zero-order valence-corrected chi connectivity index (χ0v) is 16.5. The van der Waals surface area contributed by atoms with Crippen molar-refractivity contribution < 1.29 is 9.53 Å². The highest BCUT2D eigenvalue weighted by Gasteiger charge is 2.12. The quantitative estimate of drug-likeness (QED) is 0.440. The Kier molecular flexibility index (Phi) is 6.09. The second-order valence-corrected chi connectivity index (χ2v) is 7.45. The number of nitrogens with zero attached hydrogens (tertiary/aromatic N) is 3. The molecule has 0 spiro atoms. The molecule has 0 fully saturated rings. The van der Waals surface area contributed by atoms with Crippen LogP contribution in [0.1, 0.15) is 15.2 Å². The Hall–Kier alpha value is -3.29. The Balaban J connectivity index is 1.27. The second-order valence-electron chi connectivity index (χ2n) is 6.36. The van der Waals surface area contributed by atoms with Crippen molar-refractivity contribution in [3.63, 3.8) is 0 Å². The number of anilines is 1. The fourth-order valence-electron chi connectivity index (χ4n) is 2.77.